The Bertz CT molecular complexity index is 1120. The fourth-order valence-corrected chi connectivity index (χ4v) is 5.99. The predicted octanol–water partition coefficient (Wildman–Crippen LogP) is 2.82. The Hall–Kier alpha value is -2.75. The van der Waals surface area contributed by atoms with E-state index in [9.17, 15) is 18.0 Å². The summed E-state index contributed by atoms with van der Waals surface area (Å²) in [6.07, 6.45) is 1.79. The fraction of sp³-hybridized carbons (Fsp3) is 0.440. The molecule has 4 rings (SSSR count). The molecule has 2 aromatic rings. The molecule has 2 aliphatic heterocycles. The number of anilines is 2. The second kappa shape index (κ2) is 10.2. The molecular formula is C25H32N4O4S. The van der Waals surface area contributed by atoms with Crippen molar-refractivity contribution in [2.75, 3.05) is 49.5 Å². The molecule has 0 saturated carbocycles. The van der Waals surface area contributed by atoms with Crippen molar-refractivity contribution in [2.45, 2.75) is 37.6 Å². The van der Waals surface area contributed by atoms with E-state index in [0.717, 1.165) is 44.7 Å². The third kappa shape index (κ3) is 5.32. The van der Waals surface area contributed by atoms with Crippen LogP contribution in [0.25, 0.3) is 0 Å². The molecule has 9 heteroatoms. The van der Waals surface area contributed by atoms with Gasteiger partial charge in [0.2, 0.25) is 15.9 Å². The highest BCUT2D eigenvalue weighted by Crippen LogP contribution is 2.23. The van der Waals surface area contributed by atoms with Gasteiger partial charge in [-0.25, -0.2) is 8.42 Å². The summed E-state index contributed by atoms with van der Waals surface area (Å²) >= 11 is 0. The molecule has 1 atom stereocenters. The number of amides is 1. The smallest absolute Gasteiger partial charge is 0.243 e. The number of Topliss-reactive ketones (excluding diaryl/α,β-unsaturated/α-hetero) is 1. The molecule has 2 fully saturated rings. The predicted molar refractivity (Wildman–Crippen MR) is 133 cm³/mol. The average Bonchev–Trinajstić information content (AvgIpc) is 3.40. The lowest BCUT2D eigenvalue weighted by Gasteiger charge is -2.38. The van der Waals surface area contributed by atoms with Gasteiger partial charge in [-0.15, -0.1) is 0 Å². The second-order valence-corrected chi connectivity index (χ2v) is 10.9. The molecule has 0 aliphatic carbocycles. The van der Waals surface area contributed by atoms with Crippen molar-refractivity contribution in [3.05, 3.63) is 54.1 Å². The Morgan fingerprint density at radius 1 is 0.853 bits per heavy atom. The first-order valence-corrected chi connectivity index (χ1v) is 13.2. The summed E-state index contributed by atoms with van der Waals surface area (Å²) < 4.78 is 26.9. The van der Waals surface area contributed by atoms with Crippen LogP contribution >= 0.6 is 0 Å². The first-order chi connectivity index (χ1) is 16.3. The number of sulfonamides is 1. The summed E-state index contributed by atoms with van der Waals surface area (Å²) in [7, 11) is -3.46. The minimum Gasteiger partial charge on any atom is -0.369 e. The van der Waals surface area contributed by atoms with Gasteiger partial charge in [0.1, 0.15) is 0 Å². The van der Waals surface area contributed by atoms with Crippen LogP contribution in [-0.4, -0.2) is 74.6 Å². The molecule has 8 nitrogen and oxygen atoms in total. The highest BCUT2D eigenvalue weighted by molar-refractivity contribution is 7.89. The second-order valence-electron chi connectivity index (χ2n) is 8.93. The van der Waals surface area contributed by atoms with Gasteiger partial charge in [0.05, 0.1) is 10.9 Å². The van der Waals surface area contributed by atoms with Crippen molar-refractivity contribution in [2.24, 2.45) is 0 Å². The van der Waals surface area contributed by atoms with Gasteiger partial charge >= 0.3 is 0 Å². The van der Waals surface area contributed by atoms with E-state index in [1.165, 1.54) is 4.31 Å². The molecule has 2 heterocycles. The first-order valence-electron chi connectivity index (χ1n) is 11.8. The molecule has 0 radical (unpaired) electrons. The van der Waals surface area contributed by atoms with Crippen molar-refractivity contribution in [1.29, 1.82) is 0 Å². The number of nitrogens with zero attached hydrogens (tertiary/aromatic N) is 3. The van der Waals surface area contributed by atoms with Crippen LogP contribution in [-0.2, 0) is 14.8 Å². The van der Waals surface area contributed by atoms with Crippen LogP contribution in [0.4, 0.5) is 11.4 Å². The minimum absolute atomic E-state index is 0.0547. The average molecular weight is 485 g/mol. The number of nitrogens with one attached hydrogen (secondary N) is 1. The van der Waals surface area contributed by atoms with Crippen molar-refractivity contribution in [3.8, 4) is 0 Å². The maximum absolute atomic E-state index is 12.8. The molecule has 0 aromatic heterocycles. The molecule has 2 aliphatic rings. The summed E-state index contributed by atoms with van der Waals surface area (Å²) in [6, 6.07) is 13.7. The number of benzene rings is 2. The van der Waals surface area contributed by atoms with E-state index in [0.29, 0.717) is 24.3 Å². The van der Waals surface area contributed by atoms with Gasteiger partial charge in [-0.1, -0.05) is 0 Å². The maximum atomic E-state index is 12.8. The summed E-state index contributed by atoms with van der Waals surface area (Å²) in [5, 5.41) is 2.91. The zero-order valence-electron chi connectivity index (χ0n) is 19.7. The molecule has 2 aromatic carbocycles. The number of hydrogen-bond donors (Lipinski definition) is 1. The number of ketones is 1. The molecular weight excluding hydrogens is 452 g/mol. The molecule has 34 heavy (non-hydrogen) atoms. The van der Waals surface area contributed by atoms with Gasteiger partial charge in [-0.3, -0.25) is 14.5 Å². The Morgan fingerprint density at radius 3 is 2.00 bits per heavy atom. The topological polar surface area (TPSA) is 90.0 Å². The zero-order chi connectivity index (χ0) is 24.3. The maximum Gasteiger partial charge on any atom is 0.243 e. The molecule has 0 spiro atoms. The SMILES string of the molecule is CC(=O)c1ccc(N2CCN([C@@H](C)C(=O)Nc3ccc(S(=O)(=O)N4CCCC4)cc3)CC2)cc1. The van der Waals surface area contributed by atoms with Crippen molar-refractivity contribution in [1.82, 2.24) is 9.21 Å². The van der Waals surface area contributed by atoms with Crippen LogP contribution in [0.5, 0.6) is 0 Å². The Morgan fingerprint density at radius 2 is 1.44 bits per heavy atom. The van der Waals surface area contributed by atoms with E-state index >= 15 is 0 Å². The third-order valence-electron chi connectivity index (χ3n) is 6.71. The van der Waals surface area contributed by atoms with E-state index in [4.69, 9.17) is 0 Å². The fourth-order valence-electron chi connectivity index (χ4n) is 4.47. The molecule has 0 bridgehead atoms. The van der Waals surface area contributed by atoms with Crippen LogP contribution in [0.15, 0.2) is 53.4 Å². The Labute approximate surface area is 201 Å². The standard InChI is InChI=1S/C25H32N4O4S/c1-19(27-15-17-28(18-16-27)23-9-5-21(6-10-23)20(2)30)25(31)26-22-7-11-24(12-8-22)34(32,33)29-13-3-4-14-29/h5-12,19H,3-4,13-18H2,1-2H3,(H,26,31)/t19-/m0/s1. The monoisotopic (exact) mass is 484 g/mol. The lowest BCUT2D eigenvalue weighted by Crippen LogP contribution is -2.52. The first kappa shape index (κ1) is 24.4. The number of piperazine rings is 1. The van der Waals surface area contributed by atoms with Gasteiger partial charge in [-0.05, 0) is 75.2 Å². The lowest BCUT2D eigenvalue weighted by molar-refractivity contribution is -0.120. The van der Waals surface area contributed by atoms with Crippen LogP contribution in [0.2, 0.25) is 0 Å². The zero-order valence-corrected chi connectivity index (χ0v) is 20.6. The third-order valence-corrected chi connectivity index (χ3v) is 8.62. The Kier molecular flexibility index (Phi) is 7.35. The normalized spacial score (nSPS) is 18.6. The highest BCUT2D eigenvalue weighted by Gasteiger charge is 2.28. The number of rotatable bonds is 7. The summed E-state index contributed by atoms with van der Waals surface area (Å²) in [5.41, 5.74) is 2.36. The van der Waals surface area contributed by atoms with Gasteiger partial charge in [0.25, 0.3) is 0 Å². The van der Waals surface area contributed by atoms with Gasteiger partial charge in [0.15, 0.2) is 5.78 Å². The lowest BCUT2D eigenvalue weighted by atomic mass is 10.1. The van der Waals surface area contributed by atoms with E-state index < -0.39 is 10.0 Å². The number of carbonyl (C=O) groups excluding carboxylic acids is 2. The molecule has 182 valence electrons. The molecule has 1 amide bonds. The van der Waals surface area contributed by atoms with Gasteiger partial charge in [0, 0.05) is 56.2 Å². The van der Waals surface area contributed by atoms with E-state index in [1.54, 1.807) is 31.2 Å². The summed E-state index contributed by atoms with van der Waals surface area (Å²) in [6.45, 7) is 7.65. The number of carbonyl (C=O) groups is 2. The van der Waals surface area contributed by atoms with Crippen LogP contribution in [0.1, 0.15) is 37.0 Å². The van der Waals surface area contributed by atoms with E-state index in [2.05, 4.69) is 15.1 Å². The van der Waals surface area contributed by atoms with E-state index in [-0.39, 0.29) is 22.6 Å². The quantitative estimate of drug-likeness (QED) is 0.608. The van der Waals surface area contributed by atoms with Gasteiger partial charge in [-0.2, -0.15) is 4.31 Å². The molecule has 1 N–H and O–H groups in total. The molecule has 0 unspecified atom stereocenters. The van der Waals surface area contributed by atoms with Crippen molar-refractivity contribution >= 4 is 33.1 Å². The number of hydrogen-bond acceptors (Lipinski definition) is 6. The summed E-state index contributed by atoms with van der Waals surface area (Å²) in [4.78, 5) is 29.0. The van der Waals surface area contributed by atoms with Crippen molar-refractivity contribution < 1.29 is 18.0 Å². The minimum atomic E-state index is -3.46. The molecule has 2 saturated heterocycles. The van der Waals surface area contributed by atoms with Crippen LogP contribution in [0, 0.1) is 0 Å². The largest absolute Gasteiger partial charge is 0.369 e. The summed E-state index contributed by atoms with van der Waals surface area (Å²) in [5.74, 6) is -0.0616. The van der Waals surface area contributed by atoms with E-state index in [1.807, 2.05) is 31.2 Å². The highest BCUT2D eigenvalue weighted by atomic mass is 32.2. The van der Waals surface area contributed by atoms with Crippen LogP contribution in [0.3, 0.4) is 0 Å². The van der Waals surface area contributed by atoms with Crippen LogP contribution < -0.4 is 10.2 Å². The van der Waals surface area contributed by atoms with Gasteiger partial charge < -0.3 is 10.2 Å². The van der Waals surface area contributed by atoms with Crippen molar-refractivity contribution in [3.63, 3.8) is 0 Å². The Balaban J connectivity index is 1.30.